The minimum atomic E-state index is -0.223. The third-order valence-corrected chi connectivity index (χ3v) is 2.72. The second kappa shape index (κ2) is 7.20. The van der Waals surface area contributed by atoms with E-state index in [1.54, 1.807) is 14.2 Å². The molecule has 102 valence electrons. The fourth-order valence-electron chi connectivity index (χ4n) is 1.80. The van der Waals surface area contributed by atoms with Crippen LogP contribution in [-0.2, 0) is 6.54 Å². The number of likely N-dealkylation sites (N-methyl/N-ethyl adjacent to an activating group) is 1. The van der Waals surface area contributed by atoms with E-state index in [1.165, 1.54) is 0 Å². The highest BCUT2D eigenvalue weighted by atomic mass is 16.5. The fraction of sp³-hybridized carbons (Fsp3) is 0.538. The smallest absolute Gasteiger partial charge is 0.127 e. The van der Waals surface area contributed by atoms with E-state index in [9.17, 15) is 0 Å². The van der Waals surface area contributed by atoms with Gasteiger partial charge in [-0.25, -0.2) is 0 Å². The summed E-state index contributed by atoms with van der Waals surface area (Å²) in [5.41, 5.74) is 6.76. The van der Waals surface area contributed by atoms with Crippen molar-refractivity contribution in [2.75, 3.05) is 34.4 Å². The van der Waals surface area contributed by atoms with Crippen LogP contribution in [0, 0.1) is 0 Å². The van der Waals surface area contributed by atoms with Gasteiger partial charge in [0, 0.05) is 30.8 Å². The minimum Gasteiger partial charge on any atom is -0.497 e. The van der Waals surface area contributed by atoms with Crippen molar-refractivity contribution in [2.45, 2.75) is 12.6 Å². The van der Waals surface area contributed by atoms with Crippen LogP contribution in [0.3, 0.4) is 0 Å². The molecule has 0 amide bonds. The average molecular weight is 254 g/mol. The lowest BCUT2D eigenvalue weighted by atomic mass is 10.1. The summed E-state index contributed by atoms with van der Waals surface area (Å²) in [4.78, 5) is 2.05. The van der Waals surface area contributed by atoms with Gasteiger partial charge in [-0.15, -0.1) is 0 Å². The first kappa shape index (κ1) is 14.8. The van der Waals surface area contributed by atoms with E-state index in [0.29, 0.717) is 13.1 Å². The SMILES string of the molecule is COc1ccc(CN(C)CC(N)CO)c(OC)c1. The highest BCUT2D eigenvalue weighted by Gasteiger charge is 2.10. The Bertz CT molecular complexity index is 371. The predicted octanol–water partition coefficient (Wildman–Crippen LogP) is 0.455. The number of nitrogens with two attached hydrogens (primary N) is 1. The molecule has 0 fully saturated rings. The Hall–Kier alpha value is -1.30. The van der Waals surface area contributed by atoms with Crippen molar-refractivity contribution in [3.8, 4) is 11.5 Å². The Morgan fingerprint density at radius 2 is 2.06 bits per heavy atom. The molecule has 1 rings (SSSR count). The molecular weight excluding hydrogens is 232 g/mol. The molecule has 1 aromatic rings. The molecule has 0 radical (unpaired) electrons. The van der Waals surface area contributed by atoms with Gasteiger partial charge in [0.1, 0.15) is 11.5 Å². The van der Waals surface area contributed by atoms with Crippen molar-refractivity contribution in [1.82, 2.24) is 4.90 Å². The van der Waals surface area contributed by atoms with Crippen LogP contribution in [0.5, 0.6) is 11.5 Å². The molecule has 0 spiro atoms. The quantitative estimate of drug-likeness (QED) is 0.739. The van der Waals surface area contributed by atoms with E-state index in [1.807, 2.05) is 30.1 Å². The molecule has 0 aliphatic carbocycles. The second-order valence-corrected chi connectivity index (χ2v) is 4.32. The Balaban J connectivity index is 2.71. The van der Waals surface area contributed by atoms with Gasteiger partial charge < -0.3 is 25.2 Å². The maximum absolute atomic E-state index is 8.93. The molecule has 0 heterocycles. The van der Waals surface area contributed by atoms with E-state index in [2.05, 4.69) is 0 Å². The van der Waals surface area contributed by atoms with Gasteiger partial charge in [0.25, 0.3) is 0 Å². The molecule has 1 aromatic carbocycles. The first-order chi connectivity index (χ1) is 8.60. The van der Waals surface area contributed by atoms with Crippen LogP contribution >= 0.6 is 0 Å². The van der Waals surface area contributed by atoms with E-state index >= 15 is 0 Å². The monoisotopic (exact) mass is 254 g/mol. The van der Waals surface area contributed by atoms with Crippen molar-refractivity contribution in [2.24, 2.45) is 5.73 Å². The summed E-state index contributed by atoms with van der Waals surface area (Å²) in [5.74, 6) is 1.56. The van der Waals surface area contributed by atoms with Gasteiger partial charge in [0.05, 0.1) is 20.8 Å². The molecular formula is C13H22N2O3. The van der Waals surface area contributed by atoms with Crippen LogP contribution in [0.25, 0.3) is 0 Å². The maximum atomic E-state index is 8.93. The van der Waals surface area contributed by atoms with Crippen molar-refractivity contribution in [3.63, 3.8) is 0 Å². The highest BCUT2D eigenvalue weighted by molar-refractivity contribution is 5.40. The standard InChI is InChI=1S/C13H22N2O3/c1-15(8-11(14)9-16)7-10-4-5-12(17-2)6-13(10)18-3/h4-6,11,16H,7-9,14H2,1-3H3. The van der Waals surface area contributed by atoms with Crippen molar-refractivity contribution in [1.29, 1.82) is 0 Å². The molecule has 0 saturated carbocycles. The van der Waals surface area contributed by atoms with E-state index in [4.69, 9.17) is 20.3 Å². The van der Waals surface area contributed by atoms with E-state index < -0.39 is 0 Å². The molecule has 0 saturated heterocycles. The Morgan fingerprint density at radius 3 is 2.61 bits per heavy atom. The van der Waals surface area contributed by atoms with Crippen LogP contribution < -0.4 is 15.2 Å². The summed E-state index contributed by atoms with van der Waals surface area (Å²) >= 11 is 0. The highest BCUT2D eigenvalue weighted by Crippen LogP contribution is 2.25. The van der Waals surface area contributed by atoms with Gasteiger partial charge in [-0.2, -0.15) is 0 Å². The average Bonchev–Trinajstić information content (AvgIpc) is 2.38. The summed E-state index contributed by atoms with van der Waals surface area (Å²) in [6, 6.07) is 5.50. The van der Waals surface area contributed by atoms with Crippen LogP contribution in [-0.4, -0.2) is 50.5 Å². The zero-order chi connectivity index (χ0) is 13.5. The third kappa shape index (κ3) is 4.18. The van der Waals surface area contributed by atoms with Crippen molar-refractivity contribution >= 4 is 0 Å². The van der Waals surface area contributed by atoms with Crippen molar-refractivity contribution in [3.05, 3.63) is 23.8 Å². The van der Waals surface area contributed by atoms with Gasteiger partial charge in [-0.1, -0.05) is 6.07 Å². The Morgan fingerprint density at radius 1 is 1.33 bits per heavy atom. The first-order valence-electron chi connectivity index (χ1n) is 5.86. The predicted molar refractivity (Wildman–Crippen MR) is 70.9 cm³/mol. The molecule has 0 aliphatic rings. The number of hydrogen-bond acceptors (Lipinski definition) is 5. The number of hydrogen-bond donors (Lipinski definition) is 2. The first-order valence-corrected chi connectivity index (χ1v) is 5.86. The summed E-state index contributed by atoms with van der Waals surface area (Å²) < 4.78 is 10.5. The van der Waals surface area contributed by atoms with Gasteiger partial charge in [-0.3, -0.25) is 0 Å². The lowest BCUT2D eigenvalue weighted by molar-refractivity contribution is 0.217. The second-order valence-electron chi connectivity index (χ2n) is 4.32. The summed E-state index contributed by atoms with van der Waals surface area (Å²) in [7, 11) is 5.22. The molecule has 0 aromatic heterocycles. The van der Waals surface area contributed by atoms with Crippen LogP contribution in [0.1, 0.15) is 5.56 Å². The summed E-state index contributed by atoms with van der Waals surface area (Å²) in [5, 5.41) is 8.93. The number of methoxy groups -OCH3 is 2. The number of benzene rings is 1. The van der Waals surface area contributed by atoms with E-state index in [0.717, 1.165) is 17.1 Å². The Labute approximate surface area is 108 Å². The lowest BCUT2D eigenvalue weighted by Gasteiger charge is -2.21. The van der Waals surface area contributed by atoms with Gasteiger partial charge >= 0.3 is 0 Å². The molecule has 5 nitrogen and oxygen atoms in total. The van der Waals surface area contributed by atoms with Gasteiger partial charge in [0.15, 0.2) is 0 Å². The largest absolute Gasteiger partial charge is 0.497 e. The topological polar surface area (TPSA) is 68.0 Å². The third-order valence-electron chi connectivity index (χ3n) is 2.72. The maximum Gasteiger partial charge on any atom is 0.127 e. The normalized spacial score (nSPS) is 12.6. The molecule has 18 heavy (non-hydrogen) atoms. The van der Waals surface area contributed by atoms with E-state index in [-0.39, 0.29) is 12.6 Å². The fourth-order valence-corrected chi connectivity index (χ4v) is 1.80. The molecule has 5 heteroatoms. The number of aliphatic hydroxyl groups excluding tert-OH is 1. The van der Waals surface area contributed by atoms with Crippen molar-refractivity contribution < 1.29 is 14.6 Å². The number of rotatable bonds is 7. The molecule has 3 N–H and O–H groups in total. The number of nitrogens with zero attached hydrogens (tertiary/aromatic N) is 1. The molecule has 1 unspecified atom stereocenters. The lowest BCUT2D eigenvalue weighted by Crippen LogP contribution is -2.37. The summed E-state index contributed by atoms with van der Waals surface area (Å²) in [6.45, 7) is 1.33. The molecule has 1 atom stereocenters. The zero-order valence-corrected chi connectivity index (χ0v) is 11.2. The number of aliphatic hydroxyl groups is 1. The zero-order valence-electron chi connectivity index (χ0n) is 11.2. The minimum absolute atomic E-state index is 0.00983. The van der Waals surface area contributed by atoms with Gasteiger partial charge in [-0.05, 0) is 13.1 Å². The van der Waals surface area contributed by atoms with Crippen LogP contribution in [0.2, 0.25) is 0 Å². The van der Waals surface area contributed by atoms with Crippen LogP contribution in [0.4, 0.5) is 0 Å². The van der Waals surface area contributed by atoms with Gasteiger partial charge in [0.2, 0.25) is 0 Å². The van der Waals surface area contributed by atoms with Crippen LogP contribution in [0.15, 0.2) is 18.2 Å². The Kier molecular flexibility index (Phi) is 5.91. The number of ether oxygens (including phenoxy) is 2. The molecule has 0 bridgehead atoms. The molecule has 0 aliphatic heterocycles. The summed E-state index contributed by atoms with van der Waals surface area (Å²) in [6.07, 6.45) is 0.